The Morgan fingerprint density at radius 2 is 2.18 bits per heavy atom. The molecular formula is C7H13FO3. The third kappa shape index (κ3) is 4.72. The first-order chi connectivity index (χ1) is 5.22. The summed E-state index contributed by atoms with van der Waals surface area (Å²) in [6, 6.07) is 0. The van der Waals surface area contributed by atoms with Gasteiger partial charge in [0.1, 0.15) is 0 Å². The van der Waals surface area contributed by atoms with E-state index in [1.165, 1.54) is 0 Å². The number of hydrogen-bond acceptors (Lipinski definition) is 3. The summed E-state index contributed by atoms with van der Waals surface area (Å²) in [5, 5.41) is 0. The molecule has 0 N–H and O–H groups in total. The first kappa shape index (κ1) is 10.4. The van der Waals surface area contributed by atoms with Gasteiger partial charge in [0.05, 0.1) is 13.2 Å². The number of alkyl halides is 1. The van der Waals surface area contributed by atoms with Crippen molar-refractivity contribution < 1.29 is 18.7 Å². The Morgan fingerprint density at radius 1 is 1.55 bits per heavy atom. The van der Waals surface area contributed by atoms with Gasteiger partial charge in [0.2, 0.25) is 0 Å². The molecular weight excluding hydrogens is 151 g/mol. The quantitative estimate of drug-likeness (QED) is 0.574. The van der Waals surface area contributed by atoms with Gasteiger partial charge >= 0.3 is 5.97 Å². The van der Waals surface area contributed by atoms with Crippen LogP contribution in [0.5, 0.6) is 0 Å². The van der Waals surface area contributed by atoms with Crippen molar-refractivity contribution >= 4 is 5.97 Å². The molecule has 0 spiro atoms. The normalized spacial score (nSPS) is 12.6. The van der Waals surface area contributed by atoms with Crippen LogP contribution in [0.15, 0.2) is 0 Å². The summed E-state index contributed by atoms with van der Waals surface area (Å²) in [7, 11) is 0. The topological polar surface area (TPSA) is 35.5 Å². The van der Waals surface area contributed by atoms with Crippen LogP contribution < -0.4 is 0 Å². The minimum atomic E-state index is -1.92. The van der Waals surface area contributed by atoms with Gasteiger partial charge in [-0.15, -0.1) is 0 Å². The minimum Gasteiger partial charge on any atom is -0.462 e. The van der Waals surface area contributed by atoms with Gasteiger partial charge in [0.15, 0.2) is 0 Å². The molecule has 0 aromatic carbocycles. The minimum absolute atomic E-state index is 0.175. The lowest BCUT2D eigenvalue weighted by atomic mass is 10.5. The van der Waals surface area contributed by atoms with E-state index >= 15 is 0 Å². The SMILES string of the molecule is CCCOC(F)C(=O)OCC. The van der Waals surface area contributed by atoms with Gasteiger partial charge in [0.25, 0.3) is 6.36 Å². The summed E-state index contributed by atoms with van der Waals surface area (Å²) >= 11 is 0. The van der Waals surface area contributed by atoms with E-state index in [0.717, 1.165) is 0 Å². The predicted molar refractivity (Wildman–Crippen MR) is 37.8 cm³/mol. The molecule has 0 radical (unpaired) electrons. The molecule has 0 amide bonds. The fourth-order valence-corrected chi connectivity index (χ4v) is 0.497. The van der Waals surface area contributed by atoms with E-state index in [-0.39, 0.29) is 13.2 Å². The highest BCUT2D eigenvalue weighted by Gasteiger charge is 2.17. The number of hydrogen-bond donors (Lipinski definition) is 0. The van der Waals surface area contributed by atoms with E-state index in [0.29, 0.717) is 6.42 Å². The summed E-state index contributed by atoms with van der Waals surface area (Å²) in [6.45, 7) is 3.86. The van der Waals surface area contributed by atoms with Crippen LogP contribution in [-0.4, -0.2) is 25.5 Å². The zero-order valence-corrected chi connectivity index (χ0v) is 6.80. The van der Waals surface area contributed by atoms with Gasteiger partial charge in [-0.05, 0) is 13.3 Å². The van der Waals surface area contributed by atoms with Crippen molar-refractivity contribution in [2.24, 2.45) is 0 Å². The Bertz CT molecular complexity index is 116. The lowest BCUT2D eigenvalue weighted by molar-refractivity contribution is -0.169. The summed E-state index contributed by atoms with van der Waals surface area (Å²) < 4.78 is 21.3. The largest absolute Gasteiger partial charge is 0.462 e. The number of esters is 1. The summed E-state index contributed by atoms with van der Waals surface area (Å²) in [4.78, 5) is 10.5. The zero-order valence-electron chi connectivity index (χ0n) is 6.80. The zero-order chi connectivity index (χ0) is 8.69. The van der Waals surface area contributed by atoms with E-state index in [9.17, 15) is 9.18 Å². The average Bonchev–Trinajstić information content (AvgIpc) is 2.00. The van der Waals surface area contributed by atoms with Gasteiger partial charge in [-0.1, -0.05) is 6.92 Å². The molecule has 0 aliphatic carbocycles. The fraction of sp³-hybridized carbons (Fsp3) is 0.857. The van der Waals surface area contributed by atoms with Crippen molar-refractivity contribution in [2.45, 2.75) is 26.6 Å². The van der Waals surface area contributed by atoms with Crippen molar-refractivity contribution in [3.8, 4) is 0 Å². The fourth-order valence-electron chi connectivity index (χ4n) is 0.497. The third-order valence-electron chi connectivity index (χ3n) is 0.940. The van der Waals surface area contributed by atoms with E-state index < -0.39 is 12.3 Å². The average molecular weight is 164 g/mol. The smallest absolute Gasteiger partial charge is 0.368 e. The molecule has 0 heterocycles. The molecule has 11 heavy (non-hydrogen) atoms. The van der Waals surface area contributed by atoms with E-state index in [2.05, 4.69) is 9.47 Å². The Hall–Kier alpha value is -0.640. The maximum absolute atomic E-state index is 12.5. The number of carbonyl (C=O) groups is 1. The predicted octanol–water partition coefficient (Wildman–Crippen LogP) is 1.27. The lowest BCUT2D eigenvalue weighted by Crippen LogP contribution is -2.22. The molecule has 0 aliphatic rings. The first-order valence-corrected chi connectivity index (χ1v) is 3.64. The summed E-state index contributed by atoms with van der Waals surface area (Å²) in [6.07, 6.45) is -1.24. The maximum atomic E-state index is 12.5. The number of rotatable bonds is 5. The van der Waals surface area contributed by atoms with Crippen molar-refractivity contribution in [2.75, 3.05) is 13.2 Å². The molecule has 0 saturated heterocycles. The van der Waals surface area contributed by atoms with Crippen molar-refractivity contribution in [1.82, 2.24) is 0 Å². The molecule has 3 nitrogen and oxygen atoms in total. The molecule has 1 atom stereocenters. The van der Waals surface area contributed by atoms with Gasteiger partial charge in [-0.25, -0.2) is 9.18 Å². The molecule has 0 aromatic heterocycles. The summed E-state index contributed by atoms with van der Waals surface area (Å²) in [5.41, 5.74) is 0. The molecule has 0 aromatic rings. The third-order valence-corrected chi connectivity index (χ3v) is 0.940. The van der Waals surface area contributed by atoms with E-state index in [1.54, 1.807) is 6.92 Å². The van der Waals surface area contributed by atoms with Gasteiger partial charge in [0, 0.05) is 0 Å². The van der Waals surface area contributed by atoms with Crippen LogP contribution in [0.4, 0.5) is 4.39 Å². The van der Waals surface area contributed by atoms with Gasteiger partial charge < -0.3 is 9.47 Å². The van der Waals surface area contributed by atoms with Crippen molar-refractivity contribution in [1.29, 1.82) is 0 Å². The molecule has 0 bridgehead atoms. The van der Waals surface area contributed by atoms with Crippen molar-refractivity contribution in [3.05, 3.63) is 0 Å². The van der Waals surface area contributed by atoms with Crippen LogP contribution in [0.3, 0.4) is 0 Å². The van der Waals surface area contributed by atoms with Crippen LogP contribution >= 0.6 is 0 Å². The lowest BCUT2D eigenvalue weighted by Gasteiger charge is -2.06. The Balaban J connectivity index is 3.46. The molecule has 4 heteroatoms. The monoisotopic (exact) mass is 164 g/mol. The second-order valence-corrected chi connectivity index (χ2v) is 1.94. The second-order valence-electron chi connectivity index (χ2n) is 1.94. The second kappa shape index (κ2) is 6.09. The molecule has 0 rings (SSSR count). The maximum Gasteiger partial charge on any atom is 0.368 e. The van der Waals surface area contributed by atoms with Crippen LogP contribution in [0, 0.1) is 0 Å². The van der Waals surface area contributed by atoms with Crippen LogP contribution in [0.1, 0.15) is 20.3 Å². The Labute approximate surface area is 65.5 Å². The molecule has 0 fully saturated rings. The molecule has 0 saturated carbocycles. The highest BCUT2D eigenvalue weighted by molar-refractivity contribution is 5.72. The summed E-state index contributed by atoms with van der Waals surface area (Å²) in [5.74, 6) is -0.944. The van der Waals surface area contributed by atoms with E-state index in [4.69, 9.17) is 0 Å². The van der Waals surface area contributed by atoms with Gasteiger partial charge in [-0.3, -0.25) is 0 Å². The molecule has 1 unspecified atom stereocenters. The van der Waals surface area contributed by atoms with Crippen LogP contribution in [0.25, 0.3) is 0 Å². The van der Waals surface area contributed by atoms with Crippen LogP contribution in [-0.2, 0) is 14.3 Å². The first-order valence-electron chi connectivity index (χ1n) is 3.64. The highest BCUT2D eigenvalue weighted by atomic mass is 19.1. The number of carbonyl (C=O) groups excluding carboxylic acids is 1. The molecule has 0 aliphatic heterocycles. The Kier molecular flexibility index (Phi) is 5.74. The van der Waals surface area contributed by atoms with Crippen molar-refractivity contribution in [3.63, 3.8) is 0 Å². The standard InChI is InChI=1S/C7H13FO3/c1-3-5-11-6(8)7(9)10-4-2/h6H,3-5H2,1-2H3. The highest BCUT2D eigenvalue weighted by Crippen LogP contribution is 1.97. The number of halogens is 1. The van der Waals surface area contributed by atoms with E-state index in [1.807, 2.05) is 6.92 Å². The number of ether oxygens (including phenoxy) is 2. The van der Waals surface area contributed by atoms with Gasteiger partial charge in [-0.2, -0.15) is 0 Å². The Morgan fingerprint density at radius 3 is 2.64 bits per heavy atom. The molecule has 66 valence electrons. The van der Waals surface area contributed by atoms with Crippen LogP contribution in [0.2, 0.25) is 0 Å².